The zero-order valence-electron chi connectivity index (χ0n) is 12.0. The average molecular weight is 278 g/mol. The molecule has 0 bridgehead atoms. The van der Waals surface area contributed by atoms with Gasteiger partial charge in [-0.05, 0) is 26.0 Å². The van der Waals surface area contributed by atoms with Crippen molar-refractivity contribution < 1.29 is 14.3 Å². The minimum Gasteiger partial charge on any atom is -0.407 e. The van der Waals surface area contributed by atoms with Crippen LogP contribution in [0.15, 0.2) is 27.4 Å². The van der Waals surface area contributed by atoms with E-state index in [1.54, 1.807) is 46.1 Å². The van der Waals surface area contributed by atoms with E-state index in [0.717, 1.165) is 0 Å². The number of carbonyl (C=O) groups is 1. The molecule has 1 heterocycles. The summed E-state index contributed by atoms with van der Waals surface area (Å²) in [5.74, 6) is -0.808. The minimum absolute atomic E-state index is 0.180. The van der Waals surface area contributed by atoms with Gasteiger partial charge in [0.2, 0.25) is 0 Å². The molecule has 6 heteroatoms. The second-order valence-electron chi connectivity index (χ2n) is 5.55. The number of likely N-dealkylation sites (N-methyl/N-ethyl adjacent to an activating group) is 1. The fraction of sp³-hybridized carbons (Fsp3) is 0.429. The number of rotatable bonds is 3. The van der Waals surface area contributed by atoms with Crippen LogP contribution in [-0.4, -0.2) is 39.7 Å². The van der Waals surface area contributed by atoms with E-state index < -0.39 is 11.4 Å². The highest BCUT2D eigenvalue weighted by atomic mass is 16.4. The van der Waals surface area contributed by atoms with Crippen LogP contribution in [0.5, 0.6) is 0 Å². The van der Waals surface area contributed by atoms with Gasteiger partial charge < -0.3 is 14.4 Å². The minimum atomic E-state index is -0.990. The molecule has 108 valence electrons. The number of hydrogen-bond acceptors (Lipinski definition) is 4. The van der Waals surface area contributed by atoms with Crippen molar-refractivity contribution in [3.63, 3.8) is 0 Å². The smallest absolute Gasteiger partial charge is 0.407 e. The quantitative estimate of drug-likeness (QED) is 0.908. The molecule has 0 spiro atoms. The Kier molecular flexibility index (Phi) is 3.43. The van der Waals surface area contributed by atoms with Gasteiger partial charge in [0.05, 0.1) is 16.7 Å². The molecule has 0 fully saturated rings. The summed E-state index contributed by atoms with van der Waals surface area (Å²) >= 11 is 0. The third-order valence-electron chi connectivity index (χ3n) is 3.02. The Morgan fingerprint density at radius 3 is 2.70 bits per heavy atom. The second-order valence-corrected chi connectivity index (χ2v) is 5.55. The molecule has 1 amide bonds. The Morgan fingerprint density at radius 2 is 2.10 bits per heavy atom. The Labute approximate surface area is 116 Å². The van der Waals surface area contributed by atoms with Crippen molar-refractivity contribution in [2.45, 2.75) is 19.4 Å². The fourth-order valence-electron chi connectivity index (χ4n) is 2.18. The lowest BCUT2D eigenvalue weighted by atomic mass is 10.1. The van der Waals surface area contributed by atoms with Crippen LogP contribution in [0.25, 0.3) is 11.1 Å². The number of aliphatic hydroxyl groups is 1. The molecule has 20 heavy (non-hydrogen) atoms. The van der Waals surface area contributed by atoms with Gasteiger partial charge in [0.15, 0.2) is 5.58 Å². The molecule has 2 aromatic rings. The lowest BCUT2D eigenvalue weighted by molar-refractivity contribution is 0.0368. The lowest BCUT2D eigenvalue weighted by Crippen LogP contribution is -2.39. The van der Waals surface area contributed by atoms with Gasteiger partial charge in [0, 0.05) is 20.6 Å². The molecule has 2 rings (SSSR count). The number of hydrogen-bond donors (Lipinski definition) is 1. The normalized spacial score (nSPS) is 11.8. The van der Waals surface area contributed by atoms with Crippen LogP contribution in [0.1, 0.15) is 24.2 Å². The van der Waals surface area contributed by atoms with E-state index in [0.29, 0.717) is 11.1 Å². The van der Waals surface area contributed by atoms with Gasteiger partial charge in [-0.1, -0.05) is 6.07 Å². The predicted molar refractivity (Wildman–Crippen MR) is 74.7 cm³/mol. The van der Waals surface area contributed by atoms with Crippen molar-refractivity contribution in [2.75, 3.05) is 13.6 Å². The molecule has 1 aromatic carbocycles. The lowest BCUT2D eigenvalue weighted by Gasteiger charge is -2.25. The Morgan fingerprint density at radius 1 is 1.45 bits per heavy atom. The molecular weight excluding hydrogens is 260 g/mol. The third-order valence-corrected chi connectivity index (χ3v) is 3.02. The van der Waals surface area contributed by atoms with E-state index in [1.165, 1.54) is 9.47 Å². The van der Waals surface area contributed by atoms with E-state index in [-0.39, 0.29) is 18.0 Å². The Bertz CT molecular complexity index is 706. The summed E-state index contributed by atoms with van der Waals surface area (Å²) in [4.78, 5) is 25.3. The largest absolute Gasteiger partial charge is 0.419 e. The van der Waals surface area contributed by atoms with Crippen molar-refractivity contribution in [3.05, 3.63) is 34.3 Å². The number of amides is 1. The summed E-state index contributed by atoms with van der Waals surface area (Å²) in [6.07, 6.45) is 0. The summed E-state index contributed by atoms with van der Waals surface area (Å²) < 4.78 is 6.48. The maximum Gasteiger partial charge on any atom is 0.419 e. The second kappa shape index (κ2) is 4.79. The first kappa shape index (κ1) is 14.3. The van der Waals surface area contributed by atoms with Gasteiger partial charge >= 0.3 is 5.76 Å². The van der Waals surface area contributed by atoms with Crippen molar-refractivity contribution in [3.8, 4) is 0 Å². The molecular formula is C14H18N2O4. The van der Waals surface area contributed by atoms with Crippen molar-refractivity contribution >= 4 is 17.0 Å². The molecule has 0 saturated heterocycles. The monoisotopic (exact) mass is 278 g/mol. The van der Waals surface area contributed by atoms with Crippen LogP contribution in [0, 0.1) is 0 Å². The number of para-hydroxylation sites is 1. The van der Waals surface area contributed by atoms with Gasteiger partial charge in [-0.2, -0.15) is 0 Å². The van der Waals surface area contributed by atoms with Gasteiger partial charge in [-0.15, -0.1) is 0 Å². The number of fused-ring (bicyclic) bond motifs is 1. The van der Waals surface area contributed by atoms with Crippen molar-refractivity contribution in [1.82, 2.24) is 9.47 Å². The van der Waals surface area contributed by atoms with Crippen LogP contribution in [0.4, 0.5) is 0 Å². The first-order valence-electron chi connectivity index (χ1n) is 6.27. The molecule has 6 nitrogen and oxygen atoms in total. The fourth-order valence-corrected chi connectivity index (χ4v) is 2.18. The zero-order chi connectivity index (χ0) is 15.1. The maximum atomic E-state index is 12.4. The SMILES string of the molecule is CN(CC(C)(C)O)C(=O)c1cccc2c1oc(=O)n2C. The van der Waals surface area contributed by atoms with Crippen LogP contribution in [0.3, 0.4) is 0 Å². The van der Waals surface area contributed by atoms with Crippen molar-refractivity contribution in [1.29, 1.82) is 0 Å². The molecule has 0 atom stereocenters. The molecule has 0 aliphatic rings. The number of carbonyl (C=O) groups excluding carboxylic acids is 1. The van der Waals surface area contributed by atoms with E-state index in [1.807, 2.05) is 0 Å². The zero-order valence-corrected chi connectivity index (χ0v) is 12.0. The highest BCUT2D eigenvalue weighted by Crippen LogP contribution is 2.19. The number of benzene rings is 1. The number of aryl methyl sites for hydroxylation is 1. The molecule has 0 aliphatic heterocycles. The topological polar surface area (TPSA) is 75.7 Å². The average Bonchev–Trinajstić information content (AvgIpc) is 2.62. The van der Waals surface area contributed by atoms with E-state index in [4.69, 9.17) is 4.42 Å². The first-order valence-corrected chi connectivity index (χ1v) is 6.27. The molecule has 0 aliphatic carbocycles. The van der Waals surface area contributed by atoms with E-state index >= 15 is 0 Å². The van der Waals surface area contributed by atoms with Crippen LogP contribution < -0.4 is 5.76 Å². The summed E-state index contributed by atoms with van der Waals surface area (Å²) in [5, 5.41) is 9.77. The summed E-state index contributed by atoms with van der Waals surface area (Å²) in [5.41, 5.74) is 0.160. The highest BCUT2D eigenvalue weighted by Gasteiger charge is 2.23. The molecule has 1 aromatic heterocycles. The number of oxazole rings is 1. The Balaban J connectivity index is 2.45. The van der Waals surface area contributed by atoms with Gasteiger partial charge in [-0.3, -0.25) is 9.36 Å². The summed E-state index contributed by atoms with van der Waals surface area (Å²) in [6.45, 7) is 3.43. The van der Waals surface area contributed by atoms with Crippen LogP contribution in [0.2, 0.25) is 0 Å². The maximum absolute atomic E-state index is 12.4. The number of nitrogens with zero attached hydrogens (tertiary/aromatic N) is 2. The van der Waals surface area contributed by atoms with Gasteiger partial charge in [0.25, 0.3) is 5.91 Å². The van der Waals surface area contributed by atoms with E-state index in [9.17, 15) is 14.7 Å². The third kappa shape index (κ3) is 2.60. The standard InChI is InChI=1S/C14H18N2O4/c1-14(2,19)8-15(3)12(17)9-6-5-7-10-11(9)20-13(18)16(10)4/h5-7,19H,8H2,1-4H3. The molecule has 1 N–H and O–H groups in total. The Hall–Kier alpha value is -2.08. The predicted octanol–water partition coefficient (Wildman–Crippen LogP) is 0.974. The van der Waals surface area contributed by atoms with Crippen LogP contribution >= 0.6 is 0 Å². The summed E-state index contributed by atoms with van der Waals surface area (Å²) in [7, 11) is 3.18. The summed E-state index contributed by atoms with van der Waals surface area (Å²) in [6, 6.07) is 5.02. The van der Waals surface area contributed by atoms with Gasteiger partial charge in [0.1, 0.15) is 0 Å². The molecule has 0 unspecified atom stereocenters. The first-order chi connectivity index (χ1) is 9.20. The number of aromatic nitrogens is 1. The van der Waals surface area contributed by atoms with Gasteiger partial charge in [-0.25, -0.2) is 4.79 Å². The molecule has 0 saturated carbocycles. The molecule has 0 radical (unpaired) electrons. The van der Waals surface area contributed by atoms with Crippen molar-refractivity contribution in [2.24, 2.45) is 7.05 Å². The van der Waals surface area contributed by atoms with Crippen LogP contribution in [-0.2, 0) is 7.05 Å². The highest BCUT2D eigenvalue weighted by molar-refractivity contribution is 6.04. The van der Waals surface area contributed by atoms with E-state index in [2.05, 4.69) is 0 Å².